The molecule has 0 aliphatic carbocycles. The second-order valence-electron chi connectivity index (χ2n) is 7.46. The summed E-state index contributed by atoms with van der Waals surface area (Å²) in [5, 5.41) is -0.783. The third kappa shape index (κ3) is 5.70. The molecule has 3 aromatic carbocycles. The molecule has 0 spiro atoms. The lowest BCUT2D eigenvalue weighted by atomic mass is 10.1. The van der Waals surface area contributed by atoms with Crippen LogP contribution in [0, 0.1) is 0 Å². The van der Waals surface area contributed by atoms with Crippen molar-refractivity contribution in [3.8, 4) is 0 Å². The molecular weight excluding hydrogens is 504 g/mol. The normalized spacial score (nSPS) is 21.4. The van der Waals surface area contributed by atoms with Crippen LogP contribution in [0.15, 0.2) is 91.0 Å². The quantitative estimate of drug-likeness (QED) is 0.257. The minimum absolute atomic E-state index is 0.206. The van der Waals surface area contributed by atoms with Crippen LogP contribution in [0.2, 0.25) is 0 Å². The average Bonchev–Trinajstić information content (AvgIpc) is 3.17. The molecule has 0 radical (unpaired) electrons. The van der Waals surface area contributed by atoms with Crippen molar-refractivity contribution in [1.29, 1.82) is 0 Å². The number of hydrogen-bond acceptors (Lipinski definition) is 7. The van der Waals surface area contributed by atoms with Gasteiger partial charge in [0.1, 0.15) is 12.7 Å². The van der Waals surface area contributed by atoms with Crippen molar-refractivity contribution in [1.82, 2.24) is 0 Å². The minimum atomic E-state index is -1.02. The van der Waals surface area contributed by atoms with Crippen LogP contribution in [0.4, 0.5) is 0 Å². The van der Waals surface area contributed by atoms with Crippen LogP contribution >= 0.6 is 15.9 Å². The Hall–Kier alpha value is -3.49. The van der Waals surface area contributed by atoms with E-state index in [0.717, 1.165) is 0 Å². The number of alkyl halides is 1. The number of halogens is 1. The molecule has 3 aromatic rings. The highest BCUT2D eigenvalue weighted by atomic mass is 79.9. The van der Waals surface area contributed by atoms with Crippen molar-refractivity contribution in [3.63, 3.8) is 0 Å². The molecule has 0 amide bonds. The molecule has 1 fully saturated rings. The second kappa shape index (κ2) is 11.1. The number of benzene rings is 3. The van der Waals surface area contributed by atoms with E-state index in [9.17, 15) is 14.4 Å². The van der Waals surface area contributed by atoms with E-state index in [-0.39, 0.29) is 6.61 Å². The molecule has 0 saturated carbocycles. The Morgan fingerprint density at radius 3 is 1.53 bits per heavy atom. The first-order valence-corrected chi connectivity index (χ1v) is 11.5. The summed E-state index contributed by atoms with van der Waals surface area (Å²) >= 11 is 3.35. The summed E-state index contributed by atoms with van der Waals surface area (Å²) in [5.74, 6) is -1.76. The standard InChI is InChI=1S/C26H21BrO7/c27-23-22(34-26(30)19-14-8-3-9-15-19)21(33-25(29)18-12-6-2-7-13-18)20(32-23)16-31-24(28)17-10-4-1-5-11-17/h1-15,20-23H,16H2/t20-,21?,22?,23+/m1/s1. The zero-order valence-corrected chi connectivity index (χ0v) is 19.5. The van der Waals surface area contributed by atoms with Crippen molar-refractivity contribution in [2.45, 2.75) is 23.3 Å². The third-order valence-corrected chi connectivity index (χ3v) is 5.88. The third-order valence-electron chi connectivity index (χ3n) is 5.15. The molecule has 1 aliphatic rings. The van der Waals surface area contributed by atoms with Gasteiger partial charge >= 0.3 is 17.9 Å². The smallest absolute Gasteiger partial charge is 0.338 e. The monoisotopic (exact) mass is 524 g/mol. The van der Waals surface area contributed by atoms with Crippen LogP contribution in [-0.4, -0.2) is 47.8 Å². The predicted molar refractivity (Wildman–Crippen MR) is 126 cm³/mol. The summed E-state index contributed by atoms with van der Waals surface area (Å²) in [7, 11) is 0. The maximum absolute atomic E-state index is 12.8. The van der Waals surface area contributed by atoms with E-state index in [0.29, 0.717) is 16.7 Å². The lowest BCUT2D eigenvalue weighted by Crippen LogP contribution is -2.41. The Labute approximate surface area is 204 Å². The molecule has 7 nitrogen and oxygen atoms in total. The van der Waals surface area contributed by atoms with Crippen molar-refractivity contribution in [2.75, 3.05) is 6.61 Å². The number of hydrogen-bond donors (Lipinski definition) is 0. The van der Waals surface area contributed by atoms with E-state index in [1.54, 1.807) is 91.0 Å². The van der Waals surface area contributed by atoms with Crippen LogP contribution < -0.4 is 0 Å². The van der Waals surface area contributed by atoms with Gasteiger partial charge in [-0.2, -0.15) is 0 Å². The zero-order chi connectivity index (χ0) is 23.9. The molecule has 4 atom stereocenters. The van der Waals surface area contributed by atoms with Crippen LogP contribution in [-0.2, 0) is 18.9 Å². The molecule has 2 unspecified atom stereocenters. The van der Waals surface area contributed by atoms with Gasteiger partial charge < -0.3 is 18.9 Å². The lowest BCUT2D eigenvalue weighted by Gasteiger charge is -2.23. The van der Waals surface area contributed by atoms with E-state index in [1.165, 1.54) is 0 Å². The molecule has 0 bridgehead atoms. The van der Waals surface area contributed by atoms with Gasteiger partial charge in [-0.05, 0) is 36.4 Å². The number of carbonyl (C=O) groups excluding carboxylic acids is 3. The van der Waals surface area contributed by atoms with Gasteiger partial charge in [0.15, 0.2) is 17.2 Å². The van der Waals surface area contributed by atoms with Crippen molar-refractivity contribution >= 4 is 33.8 Å². The maximum atomic E-state index is 12.8. The summed E-state index contributed by atoms with van der Waals surface area (Å²) in [6, 6.07) is 25.4. The molecular formula is C26H21BrO7. The lowest BCUT2D eigenvalue weighted by molar-refractivity contribution is -0.0435. The van der Waals surface area contributed by atoms with E-state index < -0.39 is 41.2 Å². The van der Waals surface area contributed by atoms with Crippen LogP contribution in [0.5, 0.6) is 0 Å². The largest absolute Gasteiger partial charge is 0.459 e. The summed E-state index contributed by atoms with van der Waals surface area (Å²) in [6.07, 6.45) is -2.85. The van der Waals surface area contributed by atoms with Crippen molar-refractivity contribution in [3.05, 3.63) is 108 Å². The minimum Gasteiger partial charge on any atom is -0.459 e. The summed E-state index contributed by atoms with van der Waals surface area (Å²) in [6.45, 7) is -0.206. The van der Waals surface area contributed by atoms with Crippen molar-refractivity contribution in [2.24, 2.45) is 0 Å². The molecule has 0 aromatic heterocycles. The predicted octanol–water partition coefficient (Wildman–Crippen LogP) is 4.41. The van der Waals surface area contributed by atoms with Gasteiger partial charge in [-0.25, -0.2) is 14.4 Å². The molecule has 1 heterocycles. The zero-order valence-electron chi connectivity index (χ0n) is 17.9. The summed E-state index contributed by atoms with van der Waals surface area (Å²) in [5.41, 5.74) is 1.05. The number of esters is 3. The molecule has 34 heavy (non-hydrogen) atoms. The SMILES string of the molecule is O=C(OC[C@H]1O[C@H](Br)C(OC(=O)c2ccccc2)C1OC(=O)c1ccccc1)c1ccccc1. The Morgan fingerprint density at radius 1 is 0.647 bits per heavy atom. The Balaban J connectivity index is 1.51. The van der Waals surface area contributed by atoms with Crippen LogP contribution in [0.1, 0.15) is 31.1 Å². The molecule has 174 valence electrons. The first-order valence-electron chi connectivity index (χ1n) is 10.6. The summed E-state index contributed by atoms with van der Waals surface area (Å²) in [4.78, 5) is 37.8. The number of rotatable bonds is 7. The second-order valence-corrected chi connectivity index (χ2v) is 8.36. The Bertz CT molecular complexity index is 1120. The fourth-order valence-electron chi connectivity index (χ4n) is 3.43. The van der Waals surface area contributed by atoms with Gasteiger partial charge in [0.05, 0.1) is 16.7 Å². The van der Waals surface area contributed by atoms with Gasteiger partial charge in [-0.1, -0.05) is 70.5 Å². The van der Waals surface area contributed by atoms with Gasteiger partial charge in [-0.15, -0.1) is 0 Å². The van der Waals surface area contributed by atoms with Gasteiger partial charge in [0, 0.05) is 0 Å². The van der Waals surface area contributed by atoms with Crippen molar-refractivity contribution < 1.29 is 33.3 Å². The van der Waals surface area contributed by atoms with Gasteiger partial charge in [0.2, 0.25) is 0 Å². The molecule has 1 aliphatic heterocycles. The van der Waals surface area contributed by atoms with E-state index in [1.807, 2.05) is 0 Å². The topological polar surface area (TPSA) is 88.1 Å². The molecule has 1 saturated heterocycles. The summed E-state index contributed by atoms with van der Waals surface area (Å²) < 4.78 is 22.6. The fourth-order valence-corrected chi connectivity index (χ4v) is 4.11. The van der Waals surface area contributed by atoms with E-state index >= 15 is 0 Å². The first kappa shape index (κ1) is 23.7. The Morgan fingerprint density at radius 2 is 1.06 bits per heavy atom. The number of carbonyl (C=O) groups is 3. The van der Waals surface area contributed by atoms with Gasteiger partial charge in [-0.3, -0.25) is 0 Å². The molecule has 4 rings (SSSR count). The molecule has 8 heteroatoms. The fraction of sp³-hybridized carbons (Fsp3) is 0.192. The highest BCUT2D eigenvalue weighted by Crippen LogP contribution is 2.32. The van der Waals surface area contributed by atoms with E-state index in [2.05, 4.69) is 15.9 Å². The van der Waals surface area contributed by atoms with Gasteiger partial charge in [0.25, 0.3) is 0 Å². The van der Waals surface area contributed by atoms with Crippen LogP contribution in [0.3, 0.4) is 0 Å². The number of ether oxygens (including phenoxy) is 4. The highest BCUT2D eigenvalue weighted by Gasteiger charge is 2.49. The van der Waals surface area contributed by atoms with E-state index in [4.69, 9.17) is 18.9 Å². The molecule has 0 N–H and O–H groups in total. The van der Waals surface area contributed by atoms with Crippen LogP contribution in [0.25, 0.3) is 0 Å². The first-order chi connectivity index (χ1) is 16.5. The highest BCUT2D eigenvalue weighted by molar-refractivity contribution is 9.09. The maximum Gasteiger partial charge on any atom is 0.338 e. The average molecular weight is 525 g/mol. The Kier molecular flexibility index (Phi) is 7.72.